The molecule has 25 heavy (non-hydrogen) atoms. The number of aromatic nitrogens is 2. The zero-order chi connectivity index (χ0) is 16.4. The number of hydrogen-bond acceptors (Lipinski definition) is 5. The summed E-state index contributed by atoms with van der Waals surface area (Å²) in [4.78, 5) is 0. The van der Waals surface area contributed by atoms with Crippen molar-refractivity contribution in [3.63, 3.8) is 0 Å². The predicted molar refractivity (Wildman–Crippen MR) is 102 cm³/mol. The molecule has 1 heterocycles. The summed E-state index contributed by atoms with van der Waals surface area (Å²) < 4.78 is 5.66. The van der Waals surface area contributed by atoms with Crippen LogP contribution in [0.1, 0.15) is 11.1 Å². The van der Waals surface area contributed by atoms with Gasteiger partial charge in [0.2, 0.25) is 11.8 Å². The third kappa shape index (κ3) is 4.34. The first-order valence-electron chi connectivity index (χ1n) is 6.78. The average molecular weight is 379 g/mol. The Bertz CT molecular complexity index is 802. The van der Waals surface area contributed by atoms with Gasteiger partial charge in [-0.05, 0) is 24.3 Å². The van der Waals surface area contributed by atoms with E-state index in [0.29, 0.717) is 22.9 Å². The third-order valence-electron chi connectivity index (χ3n) is 3.31. The SMILES string of the molecule is Cl.Cl.N=C(N)c1ccc(-c2nnc(-c3ccc(C(=N)N)cc3)o2)cc1. The van der Waals surface area contributed by atoms with Crippen LogP contribution in [0.25, 0.3) is 22.9 Å². The van der Waals surface area contributed by atoms with Crippen LogP contribution >= 0.6 is 24.8 Å². The number of amidine groups is 2. The largest absolute Gasteiger partial charge is 0.416 e. The van der Waals surface area contributed by atoms with Gasteiger partial charge in [-0.1, -0.05) is 24.3 Å². The van der Waals surface area contributed by atoms with Gasteiger partial charge in [0.15, 0.2) is 0 Å². The first kappa shape index (κ1) is 20.1. The number of hydrogen-bond donors (Lipinski definition) is 4. The average Bonchev–Trinajstić information content (AvgIpc) is 3.05. The van der Waals surface area contributed by atoms with E-state index in [-0.39, 0.29) is 36.5 Å². The van der Waals surface area contributed by atoms with Gasteiger partial charge < -0.3 is 15.9 Å². The highest BCUT2D eigenvalue weighted by atomic mass is 35.5. The van der Waals surface area contributed by atoms with Crippen LogP contribution in [-0.2, 0) is 0 Å². The summed E-state index contributed by atoms with van der Waals surface area (Å²) in [5.74, 6) is 0.776. The molecule has 0 fully saturated rings. The van der Waals surface area contributed by atoms with E-state index in [0.717, 1.165) is 11.1 Å². The van der Waals surface area contributed by atoms with Gasteiger partial charge in [0.1, 0.15) is 11.7 Å². The van der Waals surface area contributed by atoms with E-state index in [1.807, 2.05) is 0 Å². The molecule has 3 rings (SSSR count). The first-order chi connectivity index (χ1) is 11.0. The molecule has 0 aliphatic heterocycles. The standard InChI is InChI=1S/C16H14N6O.2ClH/c17-13(18)9-1-5-11(6-2-9)15-21-22-16(23-15)12-7-3-10(4-8-12)14(19)20;;/h1-8H,(H3,17,18)(H3,19,20);2*1H. The molecular formula is C16H16Cl2N6O. The van der Waals surface area contributed by atoms with Crippen LogP contribution in [0.15, 0.2) is 52.9 Å². The number of halogens is 2. The van der Waals surface area contributed by atoms with Crippen molar-refractivity contribution in [2.75, 3.05) is 0 Å². The molecule has 0 aliphatic rings. The van der Waals surface area contributed by atoms with Crippen molar-refractivity contribution in [3.8, 4) is 22.9 Å². The second-order valence-electron chi connectivity index (χ2n) is 4.89. The van der Waals surface area contributed by atoms with Crippen molar-refractivity contribution < 1.29 is 4.42 Å². The molecule has 0 bridgehead atoms. The fraction of sp³-hybridized carbons (Fsp3) is 0. The van der Waals surface area contributed by atoms with Crippen molar-refractivity contribution in [3.05, 3.63) is 59.7 Å². The molecule has 6 N–H and O–H groups in total. The number of nitrogen functional groups attached to an aromatic ring is 2. The second kappa shape index (κ2) is 8.27. The van der Waals surface area contributed by atoms with Crippen molar-refractivity contribution in [2.24, 2.45) is 11.5 Å². The van der Waals surface area contributed by atoms with Crippen molar-refractivity contribution >= 4 is 36.5 Å². The highest BCUT2D eigenvalue weighted by Gasteiger charge is 2.11. The summed E-state index contributed by atoms with van der Waals surface area (Å²) in [5, 5.41) is 22.8. The molecule has 0 radical (unpaired) electrons. The number of rotatable bonds is 4. The minimum Gasteiger partial charge on any atom is -0.416 e. The molecule has 7 nitrogen and oxygen atoms in total. The Kier molecular flexibility index (Phi) is 6.67. The minimum atomic E-state index is 0. The number of nitrogens with zero attached hydrogens (tertiary/aromatic N) is 2. The number of nitrogens with two attached hydrogens (primary N) is 2. The summed E-state index contributed by atoms with van der Waals surface area (Å²) in [5.41, 5.74) is 13.6. The Balaban J connectivity index is 0.00000156. The highest BCUT2D eigenvalue weighted by Crippen LogP contribution is 2.24. The summed E-state index contributed by atoms with van der Waals surface area (Å²) in [7, 11) is 0. The van der Waals surface area contributed by atoms with Crippen LogP contribution in [0.5, 0.6) is 0 Å². The highest BCUT2D eigenvalue weighted by molar-refractivity contribution is 5.95. The van der Waals surface area contributed by atoms with Gasteiger partial charge in [-0.15, -0.1) is 35.0 Å². The Labute approximate surface area is 156 Å². The van der Waals surface area contributed by atoms with Crippen LogP contribution in [0, 0.1) is 10.8 Å². The lowest BCUT2D eigenvalue weighted by Crippen LogP contribution is -2.10. The van der Waals surface area contributed by atoms with E-state index in [1.54, 1.807) is 48.5 Å². The predicted octanol–water partition coefficient (Wildman–Crippen LogP) is 2.82. The summed E-state index contributed by atoms with van der Waals surface area (Å²) in [6.07, 6.45) is 0. The molecule has 0 amide bonds. The Morgan fingerprint density at radius 2 is 1.00 bits per heavy atom. The molecule has 0 aliphatic carbocycles. The zero-order valence-electron chi connectivity index (χ0n) is 12.9. The quantitative estimate of drug-likeness (QED) is 0.408. The smallest absolute Gasteiger partial charge is 0.248 e. The van der Waals surface area contributed by atoms with Crippen LogP contribution in [-0.4, -0.2) is 21.9 Å². The monoisotopic (exact) mass is 378 g/mol. The van der Waals surface area contributed by atoms with Gasteiger partial charge in [-0.25, -0.2) is 0 Å². The van der Waals surface area contributed by atoms with E-state index in [1.165, 1.54) is 0 Å². The Hall–Kier alpha value is -2.90. The van der Waals surface area contributed by atoms with Gasteiger partial charge >= 0.3 is 0 Å². The molecule has 0 saturated carbocycles. The molecular weight excluding hydrogens is 363 g/mol. The summed E-state index contributed by atoms with van der Waals surface area (Å²) in [6.45, 7) is 0. The third-order valence-corrected chi connectivity index (χ3v) is 3.31. The maximum Gasteiger partial charge on any atom is 0.248 e. The maximum atomic E-state index is 7.38. The lowest BCUT2D eigenvalue weighted by molar-refractivity contribution is 0.584. The zero-order valence-corrected chi connectivity index (χ0v) is 14.5. The maximum absolute atomic E-state index is 7.38. The Morgan fingerprint density at radius 1 is 0.680 bits per heavy atom. The van der Waals surface area contributed by atoms with E-state index >= 15 is 0 Å². The van der Waals surface area contributed by atoms with Crippen molar-refractivity contribution in [1.82, 2.24) is 10.2 Å². The van der Waals surface area contributed by atoms with Gasteiger partial charge in [-0.3, -0.25) is 10.8 Å². The van der Waals surface area contributed by atoms with E-state index in [4.69, 9.17) is 26.7 Å². The summed E-state index contributed by atoms with van der Waals surface area (Å²) >= 11 is 0. The molecule has 130 valence electrons. The van der Waals surface area contributed by atoms with E-state index < -0.39 is 0 Å². The molecule has 3 aromatic rings. The molecule has 0 atom stereocenters. The minimum absolute atomic E-state index is 0. The molecule has 1 aromatic heterocycles. The molecule has 0 unspecified atom stereocenters. The molecule has 2 aromatic carbocycles. The van der Waals surface area contributed by atoms with Gasteiger partial charge in [0.05, 0.1) is 0 Å². The number of benzene rings is 2. The van der Waals surface area contributed by atoms with Crippen LogP contribution < -0.4 is 11.5 Å². The second-order valence-corrected chi connectivity index (χ2v) is 4.89. The van der Waals surface area contributed by atoms with Crippen molar-refractivity contribution in [1.29, 1.82) is 10.8 Å². The fourth-order valence-electron chi connectivity index (χ4n) is 2.04. The normalized spacial score (nSPS) is 9.60. The topological polar surface area (TPSA) is 139 Å². The van der Waals surface area contributed by atoms with Gasteiger partial charge in [0, 0.05) is 22.3 Å². The van der Waals surface area contributed by atoms with Crippen LogP contribution in [0.4, 0.5) is 0 Å². The van der Waals surface area contributed by atoms with Crippen LogP contribution in [0.2, 0.25) is 0 Å². The lowest BCUT2D eigenvalue weighted by atomic mass is 10.1. The fourth-order valence-corrected chi connectivity index (χ4v) is 2.04. The molecule has 0 saturated heterocycles. The van der Waals surface area contributed by atoms with Crippen LogP contribution in [0.3, 0.4) is 0 Å². The van der Waals surface area contributed by atoms with Gasteiger partial charge in [0.25, 0.3) is 0 Å². The first-order valence-corrected chi connectivity index (χ1v) is 6.78. The van der Waals surface area contributed by atoms with Gasteiger partial charge in [-0.2, -0.15) is 0 Å². The molecule has 9 heteroatoms. The lowest BCUT2D eigenvalue weighted by Gasteiger charge is -2.00. The van der Waals surface area contributed by atoms with E-state index in [9.17, 15) is 0 Å². The Morgan fingerprint density at radius 3 is 1.28 bits per heavy atom. The summed E-state index contributed by atoms with van der Waals surface area (Å²) in [6, 6.07) is 14.0. The number of nitrogens with one attached hydrogen (secondary N) is 2. The van der Waals surface area contributed by atoms with E-state index in [2.05, 4.69) is 10.2 Å². The van der Waals surface area contributed by atoms with Crippen molar-refractivity contribution in [2.45, 2.75) is 0 Å². The molecule has 0 spiro atoms.